The molecule has 0 bridgehead atoms. The fraction of sp³-hybridized carbons (Fsp3) is 0.200. The van der Waals surface area contributed by atoms with Crippen molar-refractivity contribution in [2.75, 3.05) is 0 Å². The molecular formula is C15H14ClF2N. The van der Waals surface area contributed by atoms with Gasteiger partial charge in [0.25, 0.3) is 0 Å². The van der Waals surface area contributed by atoms with Crippen LogP contribution >= 0.6 is 11.6 Å². The van der Waals surface area contributed by atoms with Gasteiger partial charge in [-0.15, -0.1) is 0 Å². The van der Waals surface area contributed by atoms with Crippen molar-refractivity contribution in [3.05, 3.63) is 69.7 Å². The summed E-state index contributed by atoms with van der Waals surface area (Å²) in [6, 6.07) is 8.59. The first-order valence-electron chi connectivity index (χ1n) is 5.93. The lowest BCUT2D eigenvalue weighted by atomic mass is 9.96. The lowest BCUT2D eigenvalue weighted by Crippen LogP contribution is -2.15. The fourth-order valence-corrected chi connectivity index (χ4v) is 2.32. The largest absolute Gasteiger partial charge is 0.324 e. The molecule has 1 atom stereocenters. The zero-order chi connectivity index (χ0) is 14.0. The minimum absolute atomic E-state index is 0.314. The minimum atomic E-state index is -0.586. The summed E-state index contributed by atoms with van der Waals surface area (Å²) in [4.78, 5) is 0. The van der Waals surface area contributed by atoms with Gasteiger partial charge in [-0.1, -0.05) is 23.7 Å². The summed E-state index contributed by atoms with van der Waals surface area (Å²) < 4.78 is 26.4. The molecule has 100 valence electrons. The van der Waals surface area contributed by atoms with Gasteiger partial charge in [0.2, 0.25) is 0 Å². The molecule has 0 saturated carbocycles. The van der Waals surface area contributed by atoms with Gasteiger partial charge in [0, 0.05) is 17.1 Å². The van der Waals surface area contributed by atoms with E-state index in [1.807, 2.05) is 19.1 Å². The molecule has 0 fully saturated rings. The molecule has 0 spiro atoms. The average molecular weight is 282 g/mol. The van der Waals surface area contributed by atoms with Gasteiger partial charge in [-0.2, -0.15) is 0 Å². The third-order valence-corrected chi connectivity index (χ3v) is 3.32. The van der Waals surface area contributed by atoms with Crippen molar-refractivity contribution >= 4 is 11.6 Å². The first kappa shape index (κ1) is 14.0. The van der Waals surface area contributed by atoms with Crippen LogP contribution in [0.15, 0.2) is 36.4 Å². The highest BCUT2D eigenvalue weighted by Gasteiger charge is 2.13. The van der Waals surface area contributed by atoms with E-state index in [-0.39, 0.29) is 6.04 Å². The molecule has 0 aliphatic rings. The van der Waals surface area contributed by atoms with Crippen molar-refractivity contribution in [3.63, 3.8) is 0 Å². The minimum Gasteiger partial charge on any atom is -0.324 e. The Morgan fingerprint density at radius 3 is 2.53 bits per heavy atom. The van der Waals surface area contributed by atoms with E-state index in [0.29, 0.717) is 17.0 Å². The van der Waals surface area contributed by atoms with E-state index in [0.717, 1.165) is 17.2 Å². The van der Waals surface area contributed by atoms with E-state index in [1.54, 1.807) is 6.07 Å². The van der Waals surface area contributed by atoms with Crippen LogP contribution in [0.4, 0.5) is 8.78 Å². The van der Waals surface area contributed by atoms with Gasteiger partial charge < -0.3 is 5.73 Å². The summed E-state index contributed by atoms with van der Waals surface area (Å²) in [7, 11) is 0. The predicted molar refractivity (Wildman–Crippen MR) is 73.2 cm³/mol. The smallest absolute Gasteiger partial charge is 0.129 e. The van der Waals surface area contributed by atoms with E-state index >= 15 is 0 Å². The standard InChI is InChI=1S/C15H14ClF2N/c1-9-6-11(16)3-5-13(9)15(19)7-10-2-4-12(17)8-14(10)18/h2-6,8,15H,7,19H2,1H3. The van der Waals surface area contributed by atoms with Crippen molar-refractivity contribution in [2.45, 2.75) is 19.4 Å². The number of hydrogen-bond donors (Lipinski definition) is 1. The molecule has 0 aromatic heterocycles. The van der Waals surface area contributed by atoms with Crippen LogP contribution in [0.25, 0.3) is 0 Å². The Morgan fingerprint density at radius 2 is 1.89 bits per heavy atom. The molecule has 0 saturated heterocycles. The number of benzene rings is 2. The SMILES string of the molecule is Cc1cc(Cl)ccc1C(N)Cc1ccc(F)cc1F. The second-order valence-electron chi connectivity index (χ2n) is 4.55. The van der Waals surface area contributed by atoms with E-state index in [1.165, 1.54) is 12.1 Å². The molecule has 2 N–H and O–H groups in total. The molecular weight excluding hydrogens is 268 g/mol. The number of aryl methyl sites for hydroxylation is 1. The van der Waals surface area contributed by atoms with Crippen LogP contribution < -0.4 is 5.73 Å². The maximum Gasteiger partial charge on any atom is 0.129 e. The summed E-state index contributed by atoms with van der Waals surface area (Å²) in [6.07, 6.45) is 0.314. The van der Waals surface area contributed by atoms with Crippen molar-refractivity contribution in [2.24, 2.45) is 5.73 Å². The van der Waals surface area contributed by atoms with E-state index < -0.39 is 11.6 Å². The molecule has 0 heterocycles. The number of halogens is 3. The van der Waals surface area contributed by atoms with Crippen molar-refractivity contribution in [3.8, 4) is 0 Å². The Bertz CT molecular complexity index is 599. The maximum atomic E-state index is 13.6. The molecule has 0 radical (unpaired) electrons. The Hall–Kier alpha value is -1.45. The Kier molecular flexibility index (Phi) is 4.17. The molecule has 2 rings (SSSR count). The highest BCUT2D eigenvalue weighted by Crippen LogP contribution is 2.23. The molecule has 19 heavy (non-hydrogen) atoms. The van der Waals surface area contributed by atoms with Crippen molar-refractivity contribution in [1.82, 2.24) is 0 Å². The van der Waals surface area contributed by atoms with E-state index in [2.05, 4.69) is 0 Å². The summed E-state index contributed by atoms with van der Waals surface area (Å²) in [5.41, 5.74) is 8.36. The molecule has 0 aliphatic heterocycles. The first-order valence-corrected chi connectivity index (χ1v) is 6.30. The zero-order valence-corrected chi connectivity index (χ0v) is 11.2. The fourth-order valence-electron chi connectivity index (χ4n) is 2.09. The number of rotatable bonds is 3. The van der Waals surface area contributed by atoms with Gasteiger partial charge in [0.1, 0.15) is 11.6 Å². The maximum absolute atomic E-state index is 13.6. The highest BCUT2D eigenvalue weighted by atomic mass is 35.5. The van der Waals surface area contributed by atoms with Gasteiger partial charge >= 0.3 is 0 Å². The normalized spacial score (nSPS) is 12.5. The molecule has 4 heteroatoms. The van der Waals surface area contributed by atoms with Crippen LogP contribution in [0, 0.1) is 18.6 Å². The van der Waals surface area contributed by atoms with Crippen LogP contribution in [0.1, 0.15) is 22.7 Å². The van der Waals surface area contributed by atoms with Crippen LogP contribution in [0.3, 0.4) is 0 Å². The average Bonchev–Trinajstić information content (AvgIpc) is 2.32. The van der Waals surface area contributed by atoms with Gasteiger partial charge in [-0.25, -0.2) is 8.78 Å². The van der Waals surface area contributed by atoms with Crippen LogP contribution in [0.2, 0.25) is 5.02 Å². The Morgan fingerprint density at radius 1 is 1.16 bits per heavy atom. The lowest BCUT2D eigenvalue weighted by molar-refractivity contribution is 0.563. The molecule has 2 aromatic rings. The van der Waals surface area contributed by atoms with E-state index in [9.17, 15) is 8.78 Å². The third-order valence-electron chi connectivity index (χ3n) is 3.09. The molecule has 0 amide bonds. The monoisotopic (exact) mass is 281 g/mol. The van der Waals surface area contributed by atoms with Gasteiger partial charge in [-0.05, 0) is 48.2 Å². The summed E-state index contributed by atoms with van der Waals surface area (Å²) in [6.45, 7) is 1.90. The molecule has 1 unspecified atom stereocenters. The molecule has 1 nitrogen and oxygen atoms in total. The summed E-state index contributed by atoms with van der Waals surface area (Å²) >= 11 is 5.88. The zero-order valence-electron chi connectivity index (χ0n) is 10.5. The Labute approximate surface area is 116 Å². The van der Waals surface area contributed by atoms with Gasteiger partial charge in [0.05, 0.1) is 0 Å². The van der Waals surface area contributed by atoms with Gasteiger partial charge in [0.15, 0.2) is 0 Å². The summed E-state index contributed by atoms with van der Waals surface area (Å²) in [5, 5.41) is 0.640. The van der Waals surface area contributed by atoms with Crippen LogP contribution in [-0.4, -0.2) is 0 Å². The van der Waals surface area contributed by atoms with E-state index in [4.69, 9.17) is 17.3 Å². The van der Waals surface area contributed by atoms with Crippen LogP contribution in [-0.2, 0) is 6.42 Å². The first-order chi connectivity index (χ1) is 8.97. The predicted octanol–water partition coefficient (Wildman–Crippen LogP) is 4.17. The number of hydrogen-bond acceptors (Lipinski definition) is 1. The van der Waals surface area contributed by atoms with Gasteiger partial charge in [-0.3, -0.25) is 0 Å². The third kappa shape index (κ3) is 3.31. The second kappa shape index (κ2) is 5.68. The number of nitrogens with two attached hydrogens (primary N) is 1. The Balaban J connectivity index is 2.23. The van der Waals surface area contributed by atoms with Crippen molar-refractivity contribution < 1.29 is 8.78 Å². The van der Waals surface area contributed by atoms with Crippen LogP contribution in [0.5, 0.6) is 0 Å². The topological polar surface area (TPSA) is 26.0 Å². The second-order valence-corrected chi connectivity index (χ2v) is 4.98. The summed E-state index contributed by atoms with van der Waals surface area (Å²) in [5.74, 6) is -1.15. The van der Waals surface area contributed by atoms with Crippen molar-refractivity contribution in [1.29, 1.82) is 0 Å². The molecule has 0 aliphatic carbocycles. The quantitative estimate of drug-likeness (QED) is 0.898. The molecule has 2 aromatic carbocycles. The highest BCUT2D eigenvalue weighted by molar-refractivity contribution is 6.30. The lowest BCUT2D eigenvalue weighted by Gasteiger charge is -2.15.